The molecule has 5 N–H and O–H groups in total. The molecule has 0 radical (unpaired) electrons. The Hall–Kier alpha value is -1.74. The standard InChI is InChI=1S/C6H10N4O2/c1-2-12-6(11)4(3-7)5(8)10-9/h10H,2,8-9H2,1H3/b5-4+. The second-order valence-corrected chi connectivity index (χ2v) is 1.77. The molecule has 0 unspecified atom stereocenters. The lowest BCUT2D eigenvalue weighted by Crippen LogP contribution is -2.30. The number of nitrogens with one attached hydrogen (secondary N) is 1. The van der Waals surface area contributed by atoms with E-state index >= 15 is 0 Å². The van der Waals surface area contributed by atoms with E-state index in [0.717, 1.165) is 0 Å². The topological polar surface area (TPSA) is 114 Å². The highest BCUT2D eigenvalue weighted by atomic mass is 16.5. The monoisotopic (exact) mass is 170 g/mol. The van der Waals surface area contributed by atoms with Crippen molar-refractivity contribution >= 4 is 5.97 Å². The molecule has 12 heavy (non-hydrogen) atoms. The number of ether oxygens (including phenoxy) is 1. The Balaban J connectivity index is 4.59. The minimum absolute atomic E-state index is 0.182. The first kappa shape index (κ1) is 10.3. The van der Waals surface area contributed by atoms with Crippen LogP contribution in [0.1, 0.15) is 6.92 Å². The summed E-state index contributed by atoms with van der Waals surface area (Å²) in [5.74, 6) is 3.91. The number of hydrogen-bond donors (Lipinski definition) is 3. The number of hydrazine groups is 1. The molecule has 6 heteroatoms. The van der Waals surface area contributed by atoms with Gasteiger partial charge in [0, 0.05) is 0 Å². The number of esters is 1. The van der Waals surface area contributed by atoms with Crippen LogP contribution in [0.15, 0.2) is 11.4 Å². The van der Waals surface area contributed by atoms with E-state index in [-0.39, 0.29) is 18.0 Å². The van der Waals surface area contributed by atoms with E-state index < -0.39 is 5.97 Å². The van der Waals surface area contributed by atoms with Gasteiger partial charge >= 0.3 is 5.97 Å². The van der Waals surface area contributed by atoms with E-state index in [1.54, 1.807) is 13.0 Å². The van der Waals surface area contributed by atoms with Crippen molar-refractivity contribution in [1.82, 2.24) is 5.43 Å². The molecular weight excluding hydrogens is 160 g/mol. The third-order valence-corrected chi connectivity index (χ3v) is 1.02. The zero-order chi connectivity index (χ0) is 9.56. The molecule has 6 nitrogen and oxygen atoms in total. The molecule has 0 aromatic carbocycles. The van der Waals surface area contributed by atoms with Crippen LogP contribution in [-0.2, 0) is 9.53 Å². The Morgan fingerprint density at radius 2 is 2.33 bits per heavy atom. The van der Waals surface area contributed by atoms with Crippen molar-refractivity contribution in [2.45, 2.75) is 6.92 Å². The van der Waals surface area contributed by atoms with Crippen LogP contribution in [0.25, 0.3) is 0 Å². The van der Waals surface area contributed by atoms with Crippen LogP contribution in [0.4, 0.5) is 0 Å². The van der Waals surface area contributed by atoms with Gasteiger partial charge in [0.2, 0.25) is 0 Å². The Kier molecular flexibility index (Phi) is 4.26. The number of carbonyl (C=O) groups excluding carboxylic acids is 1. The number of carbonyl (C=O) groups is 1. The highest BCUT2D eigenvalue weighted by Crippen LogP contribution is 1.97. The average Bonchev–Trinajstić information content (AvgIpc) is 2.06. The van der Waals surface area contributed by atoms with Crippen LogP contribution < -0.4 is 17.0 Å². The molecule has 0 rings (SSSR count). The number of nitrogens with zero attached hydrogens (tertiary/aromatic N) is 1. The van der Waals surface area contributed by atoms with Gasteiger partial charge < -0.3 is 15.9 Å². The second-order valence-electron chi connectivity index (χ2n) is 1.77. The summed E-state index contributed by atoms with van der Waals surface area (Å²) in [6.07, 6.45) is 0. The van der Waals surface area contributed by atoms with E-state index in [4.69, 9.17) is 16.8 Å². The molecule has 0 aliphatic rings. The van der Waals surface area contributed by atoms with Crippen molar-refractivity contribution in [1.29, 1.82) is 5.26 Å². The summed E-state index contributed by atoms with van der Waals surface area (Å²) in [4.78, 5) is 10.9. The van der Waals surface area contributed by atoms with Crippen molar-refractivity contribution in [2.24, 2.45) is 11.6 Å². The van der Waals surface area contributed by atoms with Crippen molar-refractivity contribution in [3.05, 3.63) is 11.4 Å². The summed E-state index contributed by atoms with van der Waals surface area (Å²) >= 11 is 0. The highest BCUT2D eigenvalue weighted by molar-refractivity contribution is 5.93. The first-order valence-electron chi connectivity index (χ1n) is 3.20. The van der Waals surface area contributed by atoms with Crippen LogP contribution in [0.5, 0.6) is 0 Å². The van der Waals surface area contributed by atoms with Crippen LogP contribution in [0, 0.1) is 11.3 Å². The molecular formula is C6H10N4O2. The summed E-state index contributed by atoms with van der Waals surface area (Å²) in [6, 6.07) is 1.57. The SMILES string of the molecule is CCOC(=O)/C(C#N)=C(\N)NN. The van der Waals surface area contributed by atoms with Crippen LogP contribution in [0.2, 0.25) is 0 Å². The fourth-order valence-corrected chi connectivity index (χ4v) is 0.491. The van der Waals surface area contributed by atoms with Gasteiger partial charge in [0.1, 0.15) is 11.9 Å². The molecule has 0 saturated carbocycles. The Morgan fingerprint density at radius 1 is 1.75 bits per heavy atom. The lowest BCUT2D eigenvalue weighted by atomic mass is 10.3. The van der Waals surface area contributed by atoms with Gasteiger partial charge in [-0.25, -0.2) is 10.6 Å². The molecule has 66 valence electrons. The molecule has 0 spiro atoms. The van der Waals surface area contributed by atoms with Gasteiger partial charge in [-0.05, 0) is 6.92 Å². The van der Waals surface area contributed by atoms with E-state index in [1.165, 1.54) is 0 Å². The normalized spacial score (nSPS) is 11.1. The van der Waals surface area contributed by atoms with Gasteiger partial charge in [-0.15, -0.1) is 0 Å². The quantitative estimate of drug-likeness (QED) is 0.159. The van der Waals surface area contributed by atoms with Crippen molar-refractivity contribution in [2.75, 3.05) is 6.61 Å². The number of nitriles is 1. The molecule has 0 aliphatic heterocycles. The predicted molar refractivity (Wildman–Crippen MR) is 40.8 cm³/mol. The van der Waals surface area contributed by atoms with Gasteiger partial charge in [0.05, 0.1) is 6.61 Å². The minimum Gasteiger partial charge on any atom is -0.462 e. The minimum atomic E-state index is -0.782. The molecule has 0 aromatic heterocycles. The third kappa shape index (κ3) is 2.48. The molecule has 0 fully saturated rings. The van der Waals surface area contributed by atoms with Crippen molar-refractivity contribution < 1.29 is 9.53 Å². The maximum Gasteiger partial charge on any atom is 0.352 e. The van der Waals surface area contributed by atoms with Gasteiger partial charge in [-0.3, -0.25) is 0 Å². The Morgan fingerprint density at radius 3 is 2.67 bits per heavy atom. The lowest BCUT2D eigenvalue weighted by molar-refractivity contribution is -0.138. The lowest BCUT2D eigenvalue weighted by Gasteiger charge is -2.02. The van der Waals surface area contributed by atoms with E-state index in [2.05, 4.69) is 4.74 Å². The summed E-state index contributed by atoms with van der Waals surface area (Å²) in [7, 11) is 0. The first-order chi connectivity index (χ1) is 5.67. The molecule has 0 heterocycles. The molecule has 0 amide bonds. The largest absolute Gasteiger partial charge is 0.462 e. The molecule has 0 aromatic rings. The average molecular weight is 170 g/mol. The first-order valence-corrected chi connectivity index (χ1v) is 3.20. The van der Waals surface area contributed by atoms with E-state index in [1.807, 2.05) is 5.43 Å². The third-order valence-electron chi connectivity index (χ3n) is 1.02. The predicted octanol–water partition coefficient (Wildman–Crippen LogP) is -1.29. The Bertz CT molecular complexity index is 240. The number of rotatable bonds is 3. The zero-order valence-electron chi connectivity index (χ0n) is 6.63. The second kappa shape index (κ2) is 4.98. The van der Waals surface area contributed by atoms with Crippen molar-refractivity contribution in [3.8, 4) is 6.07 Å². The number of nitrogens with two attached hydrogens (primary N) is 2. The van der Waals surface area contributed by atoms with Crippen molar-refractivity contribution in [3.63, 3.8) is 0 Å². The van der Waals surface area contributed by atoms with Crippen LogP contribution in [-0.4, -0.2) is 12.6 Å². The van der Waals surface area contributed by atoms with Gasteiger partial charge in [-0.1, -0.05) is 0 Å². The smallest absolute Gasteiger partial charge is 0.352 e. The van der Waals surface area contributed by atoms with Gasteiger partial charge in [0.25, 0.3) is 0 Å². The maximum absolute atomic E-state index is 10.9. The van der Waals surface area contributed by atoms with Gasteiger partial charge in [0.15, 0.2) is 5.57 Å². The summed E-state index contributed by atoms with van der Waals surface area (Å²) < 4.78 is 4.52. The summed E-state index contributed by atoms with van der Waals surface area (Å²) in [5, 5.41) is 8.44. The summed E-state index contributed by atoms with van der Waals surface area (Å²) in [6.45, 7) is 1.81. The molecule has 0 aliphatic carbocycles. The van der Waals surface area contributed by atoms with Crippen LogP contribution in [0.3, 0.4) is 0 Å². The fraction of sp³-hybridized carbons (Fsp3) is 0.333. The summed E-state index contributed by atoms with van der Waals surface area (Å²) in [5.41, 5.74) is 6.85. The zero-order valence-corrected chi connectivity index (χ0v) is 6.63. The van der Waals surface area contributed by atoms with E-state index in [0.29, 0.717) is 0 Å². The number of hydrogen-bond acceptors (Lipinski definition) is 6. The Labute approximate surface area is 69.7 Å². The molecule has 0 atom stereocenters. The fourth-order valence-electron chi connectivity index (χ4n) is 0.491. The molecule has 0 bridgehead atoms. The van der Waals surface area contributed by atoms with Crippen LogP contribution >= 0.6 is 0 Å². The molecule has 0 saturated heterocycles. The highest BCUT2D eigenvalue weighted by Gasteiger charge is 2.13. The van der Waals surface area contributed by atoms with Gasteiger partial charge in [-0.2, -0.15) is 5.26 Å². The maximum atomic E-state index is 10.9. The van der Waals surface area contributed by atoms with E-state index in [9.17, 15) is 4.79 Å².